The van der Waals surface area contributed by atoms with Crippen molar-refractivity contribution >= 4 is 50.2 Å². The van der Waals surface area contributed by atoms with Crippen molar-refractivity contribution in [2.24, 2.45) is 5.41 Å². The number of nitrogens with zero attached hydrogens (tertiary/aromatic N) is 4. The Bertz CT molecular complexity index is 1350. The Hall–Kier alpha value is -3.25. The maximum atomic E-state index is 14.2. The molecule has 1 spiro atoms. The zero-order valence-electron chi connectivity index (χ0n) is 23.4. The van der Waals surface area contributed by atoms with E-state index in [1.165, 1.54) is 23.5 Å². The number of carbonyl (C=O) groups excluding carboxylic acids is 4. The van der Waals surface area contributed by atoms with Crippen molar-refractivity contribution in [1.82, 2.24) is 25.1 Å². The van der Waals surface area contributed by atoms with Crippen molar-refractivity contribution in [1.29, 1.82) is 0 Å². The lowest BCUT2D eigenvalue weighted by atomic mass is 9.78. The van der Waals surface area contributed by atoms with Gasteiger partial charge in [0.15, 0.2) is 0 Å². The van der Waals surface area contributed by atoms with Crippen molar-refractivity contribution in [2.45, 2.75) is 57.9 Å². The van der Waals surface area contributed by atoms with E-state index < -0.39 is 17.3 Å². The third-order valence-corrected chi connectivity index (χ3v) is 10.1. The van der Waals surface area contributed by atoms with Crippen LogP contribution in [0.4, 0.5) is 14.2 Å². The van der Waals surface area contributed by atoms with Crippen LogP contribution in [0.15, 0.2) is 18.2 Å². The number of thiophene rings is 1. The average molecular weight is 585 g/mol. The molecule has 6 rings (SSSR count). The van der Waals surface area contributed by atoms with Gasteiger partial charge in [-0.05, 0) is 76.6 Å². The summed E-state index contributed by atoms with van der Waals surface area (Å²) in [5.74, 6) is -0.745. The van der Waals surface area contributed by atoms with Crippen LogP contribution in [0.1, 0.15) is 62.2 Å². The lowest BCUT2D eigenvalue weighted by Crippen LogP contribution is -2.56. The second kappa shape index (κ2) is 11.2. The summed E-state index contributed by atoms with van der Waals surface area (Å²) in [4.78, 5) is 57.4. The van der Waals surface area contributed by atoms with E-state index in [4.69, 9.17) is 0 Å². The molecule has 1 aromatic heterocycles. The third kappa shape index (κ3) is 4.94. The predicted octanol–water partition coefficient (Wildman–Crippen LogP) is 3.64. The first-order valence-electron chi connectivity index (χ1n) is 14.8. The summed E-state index contributed by atoms with van der Waals surface area (Å²) in [6.07, 6.45) is 5.70. The van der Waals surface area contributed by atoms with Crippen molar-refractivity contribution in [2.75, 3.05) is 51.1 Å². The fourth-order valence-corrected chi connectivity index (χ4v) is 8.04. The van der Waals surface area contributed by atoms with Gasteiger partial charge in [0, 0.05) is 55.4 Å². The fourth-order valence-electron chi connectivity index (χ4n) is 6.97. The molecule has 0 saturated carbocycles. The van der Waals surface area contributed by atoms with Crippen molar-refractivity contribution in [3.05, 3.63) is 29.6 Å². The topological polar surface area (TPSA) is 105 Å². The van der Waals surface area contributed by atoms with Gasteiger partial charge in [0.1, 0.15) is 16.2 Å². The lowest BCUT2D eigenvalue weighted by Gasteiger charge is -2.44. The van der Waals surface area contributed by atoms with Crippen LogP contribution < -0.4 is 10.6 Å². The highest BCUT2D eigenvalue weighted by Crippen LogP contribution is 2.42. The van der Waals surface area contributed by atoms with Crippen LogP contribution in [0, 0.1) is 11.2 Å². The molecular formula is C29H37FN6O4S. The second-order valence-electron chi connectivity index (χ2n) is 11.5. The molecule has 4 fully saturated rings. The minimum Gasteiger partial charge on any atom is -0.338 e. The number of amides is 5. The number of hydrogen-bond donors (Lipinski definition) is 2. The molecule has 2 aromatic rings. The number of piperidine rings is 2. The largest absolute Gasteiger partial charge is 0.338 e. The van der Waals surface area contributed by atoms with Gasteiger partial charge in [-0.15, -0.1) is 11.3 Å². The van der Waals surface area contributed by atoms with E-state index in [0.717, 1.165) is 36.9 Å². The normalized spacial score (nSPS) is 21.9. The maximum Gasteiger partial charge on any atom is 0.319 e. The van der Waals surface area contributed by atoms with Gasteiger partial charge in [0.25, 0.3) is 17.7 Å². The molecule has 4 aliphatic rings. The molecule has 4 saturated heterocycles. The molecule has 41 heavy (non-hydrogen) atoms. The first-order chi connectivity index (χ1) is 19.8. The van der Waals surface area contributed by atoms with Gasteiger partial charge < -0.3 is 10.2 Å². The van der Waals surface area contributed by atoms with E-state index in [1.54, 1.807) is 21.0 Å². The number of fused-ring (bicyclic) bond motifs is 2. The molecule has 0 radical (unpaired) electrons. The van der Waals surface area contributed by atoms with Crippen LogP contribution in [0.5, 0.6) is 0 Å². The zero-order chi connectivity index (χ0) is 28.7. The quantitative estimate of drug-likeness (QED) is 0.534. The van der Waals surface area contributed by atoms with Crippen LogP contribution in [0.25, 0.3) is 10.1 Å². The highest BCUT2D eigenvalue weighted by atomic mass is 32.1. The molecule has 5 heterocycles. The average Bonchev–Trinajstić information content (AvgIpc) is 3.25. The van der Waals surface area contributed by atoms with E-state index in [1.807, 2.05) is 6.92 Å². The minimum absolute atomic E-state index is 0.0366. The molecule has 220 valence electrons. The Morgan fingerprint density at radius 3 is 2.39 bits per heavy atom. The fraction of sp³-hybridized carbons (Fsp3) is 0.586. The Balaban J connectivity index is 1.16. The lowest BCUT2D eigenvalue weighted by molar-refractivity contribution is -0.145. The number of nitrogens with one attached hydrogen (secondary N) is 2. The van der Waals surface area contributed by atoms with Gasteiger partial charge in [-0.1, -0.05) is 0 Å². The summed E-state index contributed by atoms with van der Waals surface area (Å²) < 4.78 is 14.9. The van der Waals surface area contributed by atoms with Crippen molar-refractivity contribution in [3.63, 3.8) is 0 Å². The van der Waals surface area contributed by atoms with E-state index in [0.29, 0.717) is 74.5 Å². The van der Waals surface area contributed by atoms with E-state index >= 15 is 0 Å². The summed E-state index contributed by atoms with van der Waals surface area (Å²) in [6.45, 7) is 5.74. The van der Waals surface area contributed by atoms with Crippen molar-refractivity contribution in [3.8, 4) is 0 Å². The number of likely N-dealkylation sites (tertiary alicyclic amines) is 2. The molecule has 12 heteroatoms. The SMILES string of the molecule is CCNC(=O)Nc1sc2ccc(F)cc2c1C(=O)N1CCC(N2CCCC3(C2)C(=O)N2CCCCCN2C3=O)CC1. The smallest absolute Gasteiger partial charge is 0.319 e. The van der Waals surface area contributed by atoms with Gasteiger partial charge >= 0.3 is 6.03 Å². The summed E-state index contributed by atoms with van der Waals surface area (Å²) >= 11 is 1.26. The molecule has 5 amide bonds. The number of hydrogen-bond acceptors (Lipinski definition) is 6. The number of rotatable bonds is 4. The first-order valence-corrected chi connectivity index (χ1v) is 15.6. The molecule has 0 atom stereocenters. The number of carbonyl (C=O) groups is 4. The molecule has 1 aromatic carbocycles. The van der Waals surface area contributed by atoms with E-state index in [-0.39, 0.29) is 23.8 Å². The monoisotopic (exact) mass is 584 g/mol. The molecular weight excluding hydrogens is 547 g/mol. The zero-order valence-corrected chi connectivity index (χ0v) is 24.2. The number of urea groups is 1. The first kappa shape index (κ1) is 27.9. The molecule has 4 aliphatic heterocycles. The van der Waals surface area contributed by atoms with Crippen LogP contribution in [-0.4, -0.2) is 95.4 Å². The third-order valence-electron chi connectivity index (χ3n) is 9.04. The highest BCUT2D eigenvalue weighted by molar-refractivity contribution is 7.23. The van der Waals surface area contributed by atoms with Gasteiger partial charge in [0.2, 0.25) is 0 Å². The van der Waals surface area contributed by atoms with Crippen LogP contribution in [0.3, 0.4) is 0 Å². The van der Waals surface area contributed by atoms with Gasteiger partial charge in [-0.3, -0.25) is 34.6 Å². The molecule has 0 unspecified atom stereocenters. The summed E-state index contributed by atoms with van der Waals surface area (Å²) in [7, 11) is 0. The van der Waals surface area contributed by atoms with Crippen LogP contribution in [-0.2, 0) is 9.59 Å². The summed E-state index contributed by atoms with van der Waals surface area (Å²) in [5.41, 5.74) is -0.670. The second-order valence-corrected chi connectivity index (χ2v) is 12.6. The number of halogens is 1. The minimum atomic E-state index is -0.984. The standard InChI is InChI=1S/C29H37FN6O4S/c1-2-31-28(40)32-24-23(21-17-19(30)7-8-22(21)41-24)25(37)33-15-9-20(10-16-33)34-12-6-11-29(18-34)26(38)35-13-4-3-5-14-36(35)27(29)39/h7-8,17,20H,2-6,9-16,18H2,1H3,(H2,31,32,40). The molecule has 10 nitrogen and oxygen atoms in total. The highest BCUT2D eigenvalue weighted by Gasteiger charge is 2.60. The van der Waals surface area contributed by atoms with Crippen molar-refractivity contribution < 1.29 is 23.6 Å². The number of hydrazine groups is 1. The Morgan fingerprint density at radius 1 is 1.00 bits per heavy atom. The van der Waals surface area contributed by atoms with E-state index in [9.17, 15) is 23.6 Å². The number of anilines is 1. The maximum absolute atomic E-state index is 14.2. The molecule has 0 aliphatic carbocycles. The summed E-state index contributed by atoms with van der Waals surface area (Å²) in [5, 5.41) is 9.78. The Kier molecular flexibility index (Phi) is 7.62. The summed E-state index contributed by atoms with van der Waals surface area (Å²) in [6, 6.07) is 4.08. The van der Waals surface area contributed by atoms with Crippen LogP contribution in [0.2, 0.25) is 0 Å². The molecule has 0 bridgehead atoms. The predicted molar refractivity (Wildman–Crippen MR) is 154 cm³/mol. The van der Waals surface area contributed by atoms with Gasteiger partial charge in [-0.2, -0.15) is 0 Å². The van der Waals surface area contributed by atoms with Gasteiger partial charge in [-0.25, -0.2) is 9.18 Å². The number of benzene rings is 1. The van der Waals surface area contributed by atoms with Gasteiger partial charge in [0.05, 0.1) is 5.56 Å². The molecule has 2 N–H and O–H groups in total. The van der Waals surface area contributed by atoms with Crippen LogP contribution >= 0.6 is 11.3 Å². The Morgan fingerprint density at radius 2 is 1.71 bits per heavy atom. The Labute approximate surface area is 242 Å². The van der Waals surface area contributed by atoms with E-state index in [2.05, 4.69) is 15.5 Å².